The van der Waals surface area contributed by atoms with Crippen molar-refractivity contribution >= 4 is 11.8 Å². The van der Waals surface area contributed by atoms with Crippen LogP contribution < -0.4 is 0 Å². The van der Waals surface area contributed by atoms with Gasteiger partial charge in [0.05, 0.1) is 11.6 Å². The van der Waals surface area contributed by atoms with Crippen LogP contribution in [0.4, 0.5) is 0 Å². The molecule has 4 nitrogen and oxygen atoms in total. The second-order valence-corrected chi connectivity index (χ2v) is 4.94. The molecule has 98 valence electrons. The first-order chi connectivity index (χ1) is 9.18. The molecule has 1 aliphatic heterocycles. The number of aromatic nitrogens is 1. The lowest BCUT2D eigenvalue weighted by atomic mass is 10.0. The predicted molar refractivity (Wildman–Crippen MR) is 70.2 cm³/mol. The van der Waals surface area contributed by atoms with Gasteiger partial charge in [-0.2, -0.15) is 0 Å². The van der Waals surface area contributed by atoms with E-state index in [1.807, 2.05) is 22.8 Å². The molecule has 0 fully saturated rings. The van der Waals surface area contributed by atoms with Gasteiger partial charge < -0.3 is 9.67 Å². The zero-order valence-corrected chi connectivity index (χ0v) is 10.5. The zero-order valence-electron chi connectivity index (χ0n) is 10.5. The van der Waals surface area contributed by atoms with Crippen LogP contribution in [-0.2, 0) is 11.3 Å². The maximum absolute atomic E-state index is 12.4. The summed E-state index contributed by atoms with van der Waals surface area (Å²) in [6, 6.07) is 3.52. The van der Waals surface area contributed by atoms with Crippen molar-refractivity contribution in [1.82, 2.24) is 4.57 Å². The zero-order chi connectivity index (χ0) is 13.4. The summed E-state index contributed by atoms with van der Waals surface area (Å²) in [6.07, 6.45) is 8.25. The van der Waals surface area contributed by atoms with E-state index in [4.69, 9.17) is 5.11 Å². The number of ketones is 1. The highest BCUT2D eigenvalue weighted by Crippen LogP contribution is 2.31. The van der Waals surface area contributed by atoms with Crippen molar-refractivity contribution in [2.24, 2.45) is 0 Å². The fourth-order valence-corrected chi connectivity index (χ4v) is 2.82. The lowest BCUT2D eigenvalue weighted by Crippen LogP contribution is -2.10. The van der Waals surface area contributed by atoms with E-state index in [0.29, 0.717) is 24.2 Å². The Morgan fingerprint density at radius 3 is 2.79 bits per heavy atom. The number of carboxylic acid groups (broad SMARTS) is 1. The number of allylic oxidation sites excluding steroid dienone is 4. The lowest BCUT2D eigenvalue weighted by molar-refractivity contribution is -0.138. The summed E-state index contributed by atoms with van der Waals surface area (Å²) in [4.78, 5) is 23.5. The molecule has 3 rings (SSSR count). The Morgan fingerprint density at radius 1 is 1.26 bits per heavy atom. The van der Waals surface area contributed by atoms with Crippen molar-refractivity contribution in [2.45, 2.75) is 31.7 Å². The molecule has 1 aliphatic carbocycles. The van der Waals surface area contributed by atoms with E-state index in [9.17, 15) is 9.59 Å². The number of rotatable bonds is 3. The monoisotopic (exact) mass is 257 g/mol. The molecule has 0 saturated carbocycles. The van der Waals surface area contributed by atoms with Crippen LogP contribution in [0.1, 0.15) is 41.4 Å². The molecule has 0 bridgehead atoms. The van der Waals surface area contributed by atoms with E-state index in [-0.39, 0.29) is 5.78 Å². The van der Waals surface area contributed by atoms with Gasteiger partial charge >= 0.3 is 5.97 Å². The first kappa shape index (κ1) is 12.0. The third kappa shape index (κ3) is 1.93. The predicted octanol–water partition coefficient (Wildman–Crippen LogP) is 2.52. The van der Waals surface area contributed by atoms with E-state index in [0.717, 1.165) is 18.5 Å². The summed E-state index contributed by atoms with van der Waals surface area (Å²) < 4.78 is 1.85. The van der Waals surface area contributed by atoms with Crippen LogP contribution in [-0.4, -0.2) is 21.4 Å². The molecule has 0 aromatic carbocycles. The Morgan fingerprint density at radius 2 is 2.11 bits per heavy atom. The molecule has 1 N–H and O–H groups in total. The Kier molecular flexibility index (Phi) is 2.85. The molecule has 0 amide bonds. The molecule has 2 aliphatic rings. The topological polar surface area (TPSA) is 59.3 Å². The molecular weight excluding hydrogens is 242 g/mol. The highest BCUT2D eigenvalue weighted by molar-refractivity contribution is 6.10. The summed E-state index contributed by atoms with van der Waals surface area (Å²) in [5.74, 6) is -1.29. The Balaban J connectivity index is 1.94. The summed E-state index contributed by atoms with van der Waals surface area (Å²) >= 11 is 0. The molecule has 19 heavy (non-hydrogen) atoms. The van der Waals surface area contributed by atoms with E-state index < -0.39 is 11.9 Å². The van der Waals surface area contributed by atoms with Crippen molar-refractivity contribution in [1.29, 1.82) is 0 Å². The van der Waals surface area contributed by atoms with Crippen molar-refractivity contribution < 1.29 is 14.7 Å². The average molecular weight is 257 g/mol. The van der Waals surface area contributed by atoms with E-state index >= 15 is 0 Å². The van der Waals surface area contributed by atoms with Crippen LogP contribution in [0.5, 0.6) is 0 Å². The van der Waals surface area contributed by atoms with E-state index in [1.165, 1.54) is 0 Å². The van der Waals surface area contributed by atoms with Gasteiger partial charge in [0.1, 0.15) is 0 Å². The van der Waals surface area contributed by atoms with Crippen molar-refractivity contribution in [3.63, 3.8) is 0 Å². The van der Waals surface area contributed by atoms with Crippen LogP contribution >= 0.6 is 0 Å². The summed E-state index contributed by atoms with van der Waals surface area (Å²) in [5.41, 5.74) is 2.07. The standard InChI is InChI=1S/C15H15NO3/c17-14(10-4-2-1-3-5-10)13-7-6-12-11(15(18)19)8-9-16(12)13/h2,4-7,11H,1,3,8-9H2,(H,18,19). The Hall–Kier alpha value is -2.10. The molecule has 0 saturated heterocycles. The third-order valence-corrected chi connectivity index (χ3v) is 3.80. The minimum Gasteiger partial charge on any atom is -0.481 e. The van der Waals surface area contributed by atoms with Gasteiger partial charge in [-0.1, -0.05) is 18.2 Å². The fraction of sp³-hybridized carbons (Fsp3) is 0.333. The number of Topliss-reactive ketones (excluding diaryl/α,β-unsaturated/α-hetero) is 1. The lowest BCUT2D eigenvalue weighted by Gasteiger charge is -2.08. The number of carbonyl (C=O) groups is 2. The second kappa shape index (κ2) is 4.53. The molecule has 1 atom stereocenters. The number of aliphatic carboxylic acids is 1. The minimum atomic E-state index is -0.812. The van der Waals surface area contributed by atoms with Gasteiger partial charge in [-0.25, -0.2) is 0 Å². The van der Waals surface area contributed by atoms with Gasteiger partial charge in [-0.3, -0.25) is 9.59 Å². The van der Waals surface area contributed by atoms with Gasteiger partial charge in [-0.05, 0) is 31.4 Å². The van der Waals surface area contributed by atoms with Crippen molar-refractivity contribution in [3.05, 3.63) is 47.3 Å². The molecule has 1 unspecified atom stereocenters. The second-order valence-electron chi connectivity index (χ2n) is 4.94. The van der Waals surface area contributed by atoms with Crippen LogP contribution in [0.2, 0.25) is 0 Å². The van der Waals surface area contributed by atoms with Crippen LogP contribution in [0, 0.1) is 0 Å². The van der Waals surface area contributed by atoms with Gasteiger partial charge in [-0.15, -0.1) is 0 Å². The quantitative estimate of drug-likeness (QED) is 0.846. The molecule has 1 aromatic rings. The largest absolute Gasteiger partial charge is 0.481 e. The molecule has 0 spiro atoms. The summed E-state index contributed by atoms with van der Waals surface area (Å²) in [6.45, 7) is 0.608. The van der Waals surface area contributed by atoms with E-state index in [2.05, 4.69) is 0 Å². The number of carboxylic acids is 1. The number of nitrogens with zero attached hydrogens (tertiary/aromatic N) is 1. The Bertz CT molecular complexity index is 607. The SMILES string of the molecule is O=C(C1=CCCC=C1)c1ccc2n1CCC2C(=O)O. The molecule has 2 heterocycles. The van der Waals surface area contributed by atoms with Gasteiger partial charge in [0.25, 0.3) is 0 Å². The third-order valence-electron chi connectivity index (χ3n) is 3.80. The van der Waals surface area contributed by atoms with Gasteiger partial charge in [0.15, 0.2) is 0 Å². The first-order valence-corrected chi connectivity index (χ1v) is 6.52. The summed E-state index contributed by atoms with van der Waals surface area (Å²) in [5, 5.41) is 9.14. The first-order valence-electron chi connectivity index (χ1n) is 6.52. The minimum absolute atomic E-state index is 0.00626. The van der Waals surface area contributed by atoms with Gasteiger partial charge in [0.2, 0.25) is 5.78 Å². The van der Waals surface area contributed by atoms with Crippen molar-refractivity contribution in [3.8, 4) is 0 Å². The highest BCUT2D eigenvalue weighted by Gasteiger charge is 2.31. The van der Waals surface area contributed by atoms with Crippen LogP contribution in [0.25, 0.3) is 0 Å². The average Bonchev–Trinajstić information content (AvgIpc) is 2.99. The maximum Gasteiger partial charge on any atom is 0.312 e. The van der Waals surface area contributed by atoms with Crippen LogP contribution in [0.15, 0.2) is 35.9 Å². The smallest absolute Gasteiger partial charge is 0.312 e. The van der Waals surface area contributed by atoms with Crippen molar-refractivity contribution in [2.75, 3.05) is 0 Å². The van der Waals surface area contributed by atoms with E-state index in [1.54, 1.807) is 12.1 Å². The Labute approximate surface area is 111 Å². The number of fused-ring (bicyclic) bond motifs is 1. The summed E-state index contributed by atoms with van der Waals surface area (Å²) in [7, 11) is 0. The highest BCUT2D eigenvalue weighted by atomic mass is 16.4. The number of carbonyl (C=O) groups excluding carboxylic acids is 1. The fourth-order valence-electron chi connectivity index (χ4n) is 2.82. The van der Waals surface area contributed by atoms with Crippen LogP contribution in [0.3, 0.4) is 0 Å². The number of hydrogen-bond donors (Lipinski definition) is 1. The molecule has 4 heteroatoms. The van der Waals surface area contributed by atoms with Gasteiger partial charge in [0, 0.05) is 17.8 Å². The normalized spacial score (nSPS) is 21.1. The maximum atomic E-state index is 12.4. The number of hydrogen-bond acceptors (Lipinski definition) is 2. The molecule has 0 radical (unpaired) electrons. The molecular formula is C15H15NO3. The molecule has 1 aromatic heterocycles.